The van der Waals surface area contributed by atoms with Gasteiger partial charge in [0.1, 0.15) is 5.76 Å². The Morgan fingerprint density at radius 1 is 1.07 bits per heavy atom. The number of carbonyl (C=O) groups is 1. The first kappa shape index (κ1) is 18.7. The first-order valence-corrected chi connectivity index (χ1v) is 10.7. The fourth-order valence-corrected chi connectivity index (χ4v) is 4.38. The van der Waals surface area contributed by atoms with E-state index in [0.717, 1.165) is 35.1 Å². The lowest BCUT2D eigenvalue weighted by molar-refractivity contribution is 0.0719. The quantitative estimate of drug-likeness (QED) is 0.657. The molecule has 0 saturated heterocycles. The predicted molar refractivity (Wildman–Crippen MR) is 115 cm³/mol. The number of carbonyl (C=O) groups excluding carboxylic acids is 1. The van der Waals surface area contributed by atoms with Crippen molar-refractivity contribution >= 4 is 23.4 Å². The lowest BCUT2D eigenvalue weighted by Gasteiger charge is -2.19. The molecule has 3 aromatic rings. The van der Waals surface area contributed by atoms with Gasteiger partial charge >= 0.3 is 0 Å². The van der Waals surface area contributed by atoms with Crippen molar-refractivity contribution in [3.05, 3.63) is 88.9 Å². The minimum Gasteiger partial charge on any atom is -0.455 e. The zero-order valence-electron chi connectivity index (χ0n) is 16.0. The molecule has 4 rings (SSSR count). The molecule has 1 aliphatic heterocycles. The zero-order valence-corrected chi connectivity index (χ0v) is 16.8. The summed E-state index contributed by atoms with van der Waals surface area (Å²) in [6.07, 6.45) is 0. The number of amides is 1. The zero-order chi connectivity index (χ0) is 19.3. The molecule has 1 aliphatic rings. The van der Waals surface area contributed by atoms with Gasteiger partial charge in [-0.3, -0.25) is 4.79 Å². The Balaban J connectivity index is 1.37. The second-order valence-corrected chi connectivity index (χ2v) is 7.98. The van der Waals surface area contributed by atoms with E-state index in [1.54, 1.807) is 17.8 Å². The molecule has 0 fully saturated rings. The van der Waals surface area contributed by atoms with Gasteiger partial charge in [-0.1, -0.05) is 42.5 Å². The second-order valence-electron chi connectivity index (χ2n) is 7.00. The molecule has 0 aliphatic carbocycles. The van der Waals surface area contributed by atoms with Crippen LogP contribution in [0.2, 0.25) is 0 Å². The number of hydrogen-bond acceptors (Lipinski definition) is 4. The van der Waals surface area contributed by atoms with E-state index in [1.807, 2.05) is 23.1 Å². The average molecular weight is 393 g/mol. The van der Waals surface area contributed by atoms with Gasteiger partial charge in [0.05, 0.1) is 5.75 Å². The van der Waals surface area contributed by atoms with E-state index < -0.39 is 0 Å². The molecular weight excluding hydrogens is 368 g/mol. The maximum atomic E-state index is 12.9. The maximum absolute atomic E-state index is 12.9. The van der Waals surface area contributed by atoms with Crippen molar-refractivity contribution < 1.29 is 9.21 Å². The summed E-state index contributed by atoms with van der Waals surface area (Å²) in [5, 5.41) is 3.39. The highest BCUT2D eigenvalue weighted by Crippen LogP contribution is 2.24. The van der Waals surface area contributed by atoms with Gasteiger partial charge < -0.3 is 14.6 Å². The van der Waals surface area contributed by atoms with E-state index in [9.17, 15) is 4.79 Å². The average Bonchev–Trinajstić information content (AvgIpc) is 3.07. The lowest BCUT2D eigenvalue weighted by Crippen LogP contribution is -2.32. The minimum absolute atomic E-state index is 0.0475. The SMILES string of the molecule is Cc1ccccc1CSCc1ccc(C(=O)N2CCNc3ccccc3C2)o1. The molecule has 0 radical (unpaired) electrons. The highest BCUT2D eigenvalue weighted by atomic mass is 32.2. The van der Waals surface area contributed by atoms with Gasteiger partial charge in [-0.2, -0.15) is 0 Å². The van der Waals surface area contributed by atoms with Crippen LogP contribution < -0.4 is 5.32 Å². The van der Waals surface area contributed by atoms with Crippen LogP contribution in [-0.2, 0) is 18.1 Å². The number of nitrogens with zero attached hydrogens (tertiary/aromatic N) is 1. The number of anilines is 1. The van der Waals surface area contributed by atoms with Crippen LogP contribution in [0, 0.1) is 6.92 Å². The molecule has 5 heteroatoms. The highest BCUT2D eigenvalue weighted by Gasteiger charge is 2.22. The molecule has 0 spiro atoms. The molecule has 28 heavy (non-hydrogen) atoms. The van der Waals surface area contributed by atoms with E-state index >= 15 is 0 Å². The van der Waals surface area contributed by atoms with Crippen LogP contribution in [0.25, 0.3) is 0 Å². The van der Waals surface area contributed by atoms with Gasteiger partial charge in [-0.15, -0.1) is 11.8 Å². The largest absolute Gasteiger partial charge is 0.455 e. The number of benzene rings is 2. The van der Waals surface area contributed by atoms with Crippen LogP contribution in [0.1, 0.15) is 33.0 Å². The van der Waals surface area contributed by atoms with E-state index in [-0.39, 0.29) is 5.91 Å². The molecule has 0 bridgehead atoms. The van der Waals surface area contributed by atoms with Gasteiger partial charge in [0.15, 0.2) is 5.76 Å². The van der Waals surface area contributed by atoms with Crippen molar-refractivity contribution in [2.75, 3.05) is 18.4 Å². The number of hydrogen-bond donors (Lipinski definition) is 1. The highest BCUT2D eigenvalue weighted by molar-refractivity contribution is 7.97. The normalized spacial score (nSPS) is 13.5. The molecular formula is C23H24N2O2S. The van der Waals surface area contributed by atoms with E-state index in [2.05, 4.69) is 48.6 Å². The number of rotatable bonds is 5. The maximum Gasteiger partial charge on any atom is 0.289 e. The van der Waals surface area contributed by atoms with Crippen LogP contribution in [0.15, 0.2) is 65.1 Å². The third kappa shape index (κ3) is 4.25. The van der Waals surface area contributed by atoms with E-state index in [1.165, 1.54) is 11.1 Å². The Kier molecular flexibility index (Phi) is 5.72. The molecule has 4 nitrogen and oxygen atoms in total. The van der Waals surface area contributed by atoms with Crippen LogP contribution in [0.5, 0.6) is 0 Å². The summed E-state index contributed by atoms with van der Waals surface area (Å²) >= 11 is 1.80. The van der Waals surface area contributed by atoms with Crippen LogP contribution in [0.4, 0.5) is 5.69 Å². The van der Waals surface area contributed by atoms with Crippen molar-refractivity contribution in [2.45, 2.75) is 25.0 Å². The first-order valence-electron chi connectivity index (χ1n) is 9.53. The molecule has 2 heterocycles. The summed E-state index contributed by atoms with van der Waals surface area (Å²) in [5.74, 6) is 2.91. The van der Waals surface area contributed by atoms with Crippen LogP contribution >= 0.6 is 11.8 Å². The molecule has 1 aromatic heterocycles. The number of nitrogens with one attached hydrogen (secondary N) is 1. The Morgan fingerprint density at radius 2 is 1.89 bits per heavy atom. The summed E-state index contributed by atoms with van der Waals surface area (Å²) in [4.78, 5) is 14.8. The fraction of sp³-hybridized carbons (Fsp3) is 0.261. The third-order valence-corrected chi connectivity index (χ3v) is 6.00. The number of para-hydroxylation sites is 1. The molecule has 0 unspecified atom stereocenters. The van der Waals surface area contributed by atoms with Crippen molar-refractivity contribution in [1.29, 1.82) is 0 Å². The summed E-state index contributed by atoms with van der Waals surface area (Å²) in [6.45, 7) is 4.13. The standard InChI is InChI=1S/C23H24N2O2S/c1-17-6-2-3-8-19(17)15-28-16-20-10-11-22(27-20)23(26)25-13-12-24-21-9-5-4-7-18(21)14-25/h2-11,24H,12-16H2,1H3. The second kappa shape index (κ2) is 8.57. The number of aryl methyl sites for hydroxylation is 1. The molecule has 144 valence electrons. The smallest absolute Gasteiger partial charge is 0.289 e. The molecule has 1 amide bonds. The topological polar surface area (TPSA) is 45.5 Å². The minimum atomic E-state index is -0.0475. The van der Waals surface area contributed by atoms with Crippen LogP contribution in [-0.4, -0.2) is 23.9 Å². The number of furan rings is 1. The summed E-state index contributed by atoms with van der Waals surface area (Å²) in [5.41, 5.74) is 4.88. The van der Waals surface area contributed by atoms with E-state index in [0.29, 0.717) is 18.8 Å². The predicted octanol–water partition coefficient (Wildman–Crippen LogP) is 5.09. The van der Waals surface area contributed by atoms with Gasteiger partial charge in [-0.05, 0) is 41.8 Å². The van der Waals surface area contributed by atoms with Crippen LogP contribution in [0.3, 0.4) is 0 Å². The Labute approximate surface area is 169 Å². The van der Waals surface area contributed by atoms with Gasteiger partial charge in [0, 0.05) is 31.1 Å². The summed E-state index contributed by atoms with van der Waals surface area (Å²) in [7, 11) is 0. The van der Waals surface area contributed by atoms with Crippen molar-refractivity contribution in [3.63, 3.8) is 0 Å². The van der Waals surface area contributed by atoms with Crippen molar-refractivity contribution in [1.82, 2.24) is 4.90 Å². The lowest BCUT2D eigenvalue weighted by atomic mass is 10.1. The van der Waals surface area contributed by atoms with Gasteiger partial charge in [0.25, 0.3) is 5.91 Å². The Hall–Kier alpha value is -2.66. The monoisotopic (exact) mass is 392 g/mol. The van der Waals surface area contributed by atoms with Gasteiger partial charge in [0.2, 0.25) is 0 Å². The Morgan fingerprint density at radius 3 is 2.79 bits per heavy atom. The molecule has 0 atom stereocenters. The Bertz CT molecular complexity index is 966. The van der Waals surface area contributed by atoms with Gasteiger partial charge in [-0.25, -0.2) is 0 Å². The molecule has 2 aromatic carbocycles. The van der Waals surface area contributed by atoms with E-state index in [4.69, 9.17) is 4.42 Å². The van der Waals surface area contributed by atoms with Crippen molar-refractivity contribution in [2.24, 2.45) is 0 Å². The van der Waals surface area contributed by atoms with Crippen molar-refractivity contribution in [3.8, 4) is 0 Å². The molecule has 0 saturated carbocycles. The number of thioether (sulfide) groups is 1. The molecule has 1 N–H and O–H groups in total. The first-order chi connectivity index (χ1) is 13.7. The number of fused-ring (bicyclic) bond motifs is 1. The third-order valence-electron chi connectivity index (χ3n) is 5.00. The summed E-state index contributed by atoms with van der Waals surface area (Å²) in [6, 6.07) is 20.3. The fourth-order valence-electron chi connectivity index (χ4n) is 3.37. The summed E-state index contributed by atoms with van der Waals surface area (Å²) < 4.78 is 5.86.